The lowest BCUT2D eigenvalue weighted by Gasteiger charge is -2.15. The topological polar surface area (TPSA) is 96.8 Å². The Bertz CT molecular complexity index is 1830. The Morgan fingerprint density at radius 1 is 0.571 bits per heavy atom. The highest BCUT2D eigenvalue weighted by Crippen LogP contribution is 2.32. The molecule has 0 aliphatic rings. The van der Waals surface area contributed by atoms with Gasteiger partial charge in [-0.25, -0.2) is 5.43 Å². The molecule has 0 heterocycles. The van der Waals surface area contributed by atoms with E-state index in [1.54, 1.807) is 24.4 Å². The Morgan fingerprint density at radius 3 is 1.69 bits per heavy atom. The molecule has 0 spiro atoms. The molecular weight excluding hydrogens is 620 g/mol. The SMILES string of the molecule is CCOc1cc(/C=N/NC(=O)c2ccc(OCc3ccccc3)c(OC)c2)ccc1OCc1ccc(OCc2ccccc2)c(OCC)c1. The predicted molar refractivity (Wildman–Crippen MR) is 189 cm³/mol. The van der Waals surface area contributed by atoms with Crippen LogP contribution in [0.4, 0.5) is 0 Å². The van der Waals surface area contributed by atoms with Gasteiger partial charge in [-0.15, -0.1) is 0 Å². The molecule has 0 saturated carbocycles. The van der Waals surface area contributed by atoms with Crippen LogP contribution in [0.2, 0.25) is 0 Å². The zero-order valence-corrected chi connectivity index (χ0v) is 27.9. The maximum Gasteiger partial charge on any atom is 0.271 e. The van der Waals surface area contributed by atoms with Crippen molar-refractivity contribution in [1.29, 1.82) is 0 Å². The van der Waals surface area contributed by atoms with Gasteiger partial charge in [0, 0.05) is 5.56 Å². The van der Waals surface area contributed by atoms with E-state index >= 15 is 0 Å². The highest BCUT2D eigenvalue weighted by Gasteiger charge is 2.13. The number of hydrazone groups is 1. The molecular formula is C40H40N2O7. The van der Waals surface area contributed by atoms with E-state index in [0.29, 0.717) is 73.1 Å². The molecule has 252 valence electrons. The van der Waals surface area contributed by atoms with Crippen molar-refractivity contribution >= 4 is 12.1 Å². The minimum absolute atomic E-state index is 0.294. The molecule has 1 amide bonds. The lowest BCUT2D eigenvalue weighted by atomic mass is 10.2. The molecule has 9 heteroatoms. The van der Waals surface area contributed by atoms with Crippen LogP contribution in [0.15, 0.2) is 120 Å². The number of amides is 1. The first kappa shape index (κ1) is 34.4. The number of ether oxygens (including phenoxy) is 6. The van der Waals surface area contributed by atoms with E-state index in [0.717, 1.165) is 22.3 Å². The number of methoxy groups -OCH3 is 1. The molecule has 5 aromatic carbocycles. The van der Waals surface area contributed by atoms with Gasteiger partial charge in [0.2, 0.25) is 0 Å². The van der Waals surface area contributed by atoms with E-state index in [1.165, 1.54) is 7.11 Å². The van der Waals surface area contributed by atoms with Crippen molar-refractivity contribution in [2.75, 3.05) is 20.3 Å². The Balaban J connectivity index is 1.18. The molecule has 0 bridgehead atoms. The normalized spacial score (nSPS) is 10.8. The summed E-state index contributed by atoms with van der Waals surface area (Å²) < 4.78 is 35.3. The van der Waals surface area contributed by atoms with Gasteiger partial charge in [0.1, 0.15) is 19.8 Å². The standard InChI is InChI=1S/C40H40N2O7/c1-4-45-38-22-31(25-41-42-40(43)33-18-21-34(37(24-33)44-3)47-26-29-12-8-6-9-13-29)16-19-35(38)49-28-32-17-20-36(39(23-32)46-5-2)48-27-30-14-10-7-11-15-30/h6-25H,4-5,26-28H2,1-3H3,(H,42,43)/b41-25+. The van der Waals surface area contributed by atoms with E-state index < -0.39 is 5.91 Å². The van der Waals surface area contributed by atoms with Gasteiger partial charge >= 0.3 is 0 Å². The van der Waals surface area contributed by atoms with Crippen molar-refractivity contribution in [2.24, 2.45) is 5.10 Å². The molecule has 1 N–H and O–H groups in total. The first-order chi connectivity index (χ1) is 24.1. The summed E-state index contributed by atoms with van der Waals surface area (Å²) in [4.78, 5) is 12.8. The second-order valence-electron chi connectivity index (χ2n) is 10.8. The third-order valence-corrected chi connectivity index (χ3v) is 7.25. The van der Waals surface area contributed by atoms with Gasteiger partial charge in [0.05, 0.1) is 26.5 Å². The number of hydrogen-bond donors (Lipinski definition) is 1. The lowest BCUT2D eigenvalue weighted by molar-refractivity contribution is 0.0954. The summed E-state index contributed by atoms with van der Waals surface area (Å²) in [6.45, 7) is 5.92. The molecule has 0 aliphatic heterocycles. The van der Waals surface area contributed by atoms with Gasteiger partial charge in [-0.05, 0) is 84.6 Å². The van der Waals surface area contributed by atoms with Crippen molar-refractivity contribution in [3.05, 3.63) is 143 Å². The lowest BCUT2D eigenvalue weighted by Crippen LogP contribution is -2.17. The van der Waals surface area contributed by atoms with E-state index in [9.17, 15) is 4.79 Å². The van der Waals surface area contributed by atoms with E-state index in [1.807, 2.05) is 111 Å². The number of nitrogens with zero attached hydrogens (tertiary/aromatic N) is 1. The first-order valence-electron chi connectivity index (χ1n) is 16.1. The number of benzene rings is 5. The third-order valence-electron chi connectivity index (χ3n) is 7.25. The van der Waals surface area contributed by atoms with E-state index in [4.69, 9.17) is 28.4 Å². The first-order valence-corrected chi connectivity index (χ1v) is 16.1. The summed E-state index contributed by atoms with van der Waals surface area (Å²) in [6.07, 6.45) is 1.54. The summed E-state index contributed by atoms with van der Waals surface area (Å²) in [6, 6.07) is 36.0. The third kappa shape index (κ3) is 10.0. The van der Waals surface area contributed by atoms with Gasteiger partial charge < -0.3 is 28.4 Å². The van der Waals surface area contributed by atoms with Crippen LogP contribution in [-0.2, 0) is 19.8 Å². The highest BCUT2D eigenvalue weighted by molar-refractivity contribution is 5.95. The summed E-state index contributed by atoms with van der Waals surface area (Å²) in [5, 5.41) is 4.15. The van der Waals surface area contributed by atoms with Crippen LogP contribution in [0.1, 0.15) is 46.5 Å². The molecule has 0 saturated heterocycles. The summed E-state index contributed by atoms with van der Waals surface area (Å²) in [7, 11) is 1.53. The molecule has 5 aromatic rings. The minimum atomic E-state index is -0.392. The van der Waals surface area contributed by atoms with Crippen molar-refractivity contribution in [3.8, 4) is 34.5 Å². The van der Waals surface area contributed by atoms with Crippen LogP contribution in [0.5, 0.6) is 34.5 Å². The van der Waals surface area contributed by atoms with Crippen LogP contribution in [0.3, 0.4) is 0 Å². The van der Waals surface area contributed by atoms with Crippen LogP contribution in [-0.4, -0.2) is 32.4 Å². The molecule has 0 atom stereocenters. The minimum Gasteiger partial charge on any atom is -0.493 e. The van der Waals surface area contributed by atoms with E-state index in [2.05, 4.69) is 10.5 Å². The monoisotopic (exact) mass is 660 g/mol. The maximum atomic E-state index is 12.8. The smallest absolute Gasteiger partial charge is 0.271 e. The largest absolute Gasteiger partial charge is 0.493 e. The van der Waals surface area contributed by atoms with Gasteiger partial charge in [-0.2, -0.15) is 5.10 Å². The molecule has 0 aliphatic carbocycles. The molecule has 49 heavy (non-hydrogen) atoms. The van der Waals surface area contributed by atoms with Crippen molar-refractivity contribution in [2.45, 2.75) is 33.7 Å². The van der Waals surface area contributed by atoms with Crippen molar-refractivity contribution < 1.29 is 33.2 Å². The Kier molecular flexibility index (Phi) is 12.5. The highest BCUT2D eigenvalue weighted by atomic mass is 16.5. The number of rotatable bonds is 17. The van der Waals surface area contributed by atoms with Crippen LogP contribution < -0.4 is 33.8 Å². The van der Waals surface area contributed by atoms with Gasteiger partial charge in [-0.3, -0.25) is 4.79 Å². The number of hydrogen-bond acceptors (Lipinski definition) is 8. The van der Waals surface area contributed by atoms with Crippen LogP contribution in [0.25, 0.3) is 0 Å². The number of nitrogens with one attached hydrogen (secondary N) is 1. The molecule has 0 aromatic heterocycles. The molecule has 0 radical (unpaired) electrons. The summed E-state index contributed by atoms with van der Waals surface area (Å²) >= 11 is 0. The fourth-order valence-electron chi connectivity index (χ4n) is 4.81. The second-order valence-corrected chi connectivity index (χ2v) is 10.8. The number of carbonyl (C=O) groups is 1. The number of carbonyl (C=O) groups excluding carboxylic acids is 1. The molecule has 0 fully saturated rings. The predicted octanol–water partition coefficient (Wildman–Crippen LogP) is 7.99. The molecule has 5 rings (SSSR count). The van der Waals surface area contributed by atoms with Crippen molar-refractivity contribution in [3.63, 3.8) is 0 Å². The quantitative estimate of drug-likeness (QED) is 0.0798. The Labute approximate surface area is 287 Å². The fraction of sp³-hybridized carbons (Fsp3) is 0.200. The van der Waals surface area contributed by atoms with Crippen LogP contribution >= 0.6 is 0 Å². The van der Waals surface area contributed by atoms with Crippen molar-refractivity contribution in [1.82, 2.24) is 5.43 Å². The van der Waals surface area contributed by atoms with E-state index in [-0.39, 0.29) is 0 Å². The Morgan fingerprint density at radius 2 is 1.10 bits per heavy atom. The zero-order chi connectivity index (χ0) is 34.3. The van der Waals surface area contributed by atoms with Gasteiger partial charge in [0.25, 0.3) is 5.91 Å². The maximum absolute atomic E-state index is 12.8. The second kappa shape index (κ2) is 17.8. The van der Waals surface area contributed by atoms with Crippen LogP contribution in [0, 0.1) is 0 Å². The average Bonchev–Trinajstić information content (AvgIpc) is 3.14. The Hall–Kier alpha value is -5.96. The van der Waals surface area contributed by atoms with Gasteiger partial charge in [-0.1, -0.05) is 66.7 Å². The molecule has 9 nitrogen and oxygen atoms in total. The molecule has 0 unspecified atom stereocenters. The fourth-order valence-corrected chi connectivity index (χ4v) is 4.81. The zero-order valence-electron chi connectivity index (χ0n) is 27.9. The summed E-state index contributed by atoms with van der Waals surface area (Å²) in [5.74, 6) is 3.06. The summed E-state index contributed by atoms with van der Waals surface area (Å²) in [5.41, 5.74) is 6.68. The average molecular weight is 661 g/mol. The van der Waals surface area contributed by atoms with Gasteiger partial charge in [0.15, 0.2) is 34.5 Å².